The third-order valence-electron chi connectivity index (χ3n) is 3.16. The summed E-state index contributed by atoms with van der Waals surface area (Å²) in [6.07, 6.45) is 0. The van der Waals surface area contributed by atoms with Crippen molar-refractivity contribution in [3.63, 3.8) is 0 Å². The normalized spacial score (nSPS) is 9.85. The van der Waals surface area contributed by atoms with Gasteiger partial charge in [0.25, 0.3) is 0 Å². The van der Waals surface area contributed by atoms with Crippen LogP contribution in [0.1, 0.15) is 21.5 Å². The first-order chi connectivity index (χ1) is 9.60. The van der Waals surface area contributed by atoms with E-state index in [-0.39, 0.29) is 5.78 Å². The molecule has 0 bridgehead atoms. The molecule has 2 aromatic rings. The van der Waals surface area contributed by atoms with Crippen molar-refractivity contribution in [2.75, 3.05) is 18.5 Å². The number of likely N-dealkylation sites (N-methyl/N-ethyl adjacent to an activating group) is 1. The van der Waals surface area contributed by atoms with Crippen LogP contribution in [-0.2, 0) is 0 Å². The van der Waals surface area contributed by atoms with Crippen molar-refractivity contribution in [2.24, 2.45) is 0 Å². The number of nitriles is 1. The molecule has 2 aromatic carbocycles. The Morgan fingerprint density at radius 1 is 1.20 bits per heavy atom. The number of anilines is 1. The van der Waals surface area contributed by atoms with Gasteiger partial charge < -0.3 is 4.90 Å². The van der Waals surface area contributed by atoms with Crippen LogP contribution in [0.4, 0.5) is 5.69 Å². The monoisotopic (exact) mass is 264 g/mol. The van der Waals surface area contributed by atoms with Gasteiger partial charge in [0.05, 0.1) is 18.2 Å². The SMILES string of the molecule is Cc1cccc(N(C)CC(=O)c2ccc(C#N)cc2)c1. The number of Topliss-reactive ketones (excluding diaryl/α,β-unsaturated/α-hetero) is 1. The van der Waals surface area contributed by atoms with Crippen molar-refractivity contribution < 1.29 is 4.79 Å². The van der Waals surface area contributed by atoms with Gasteiger partial charge in [0, 0.05) is 18.3 Å². The third kappa shape index (κ3) is 3.24. The second kappa shape index (κ2) is 6.03. The van der Waals surface area contributed by atoms with Crippen LogP contribution in [-0.4, -0.2) is 19.4 Å². The van der Waals surface area contributed by atoms with Gasteiger partial charge in [0.1, 0.15) is 0 Å². The van der Waals surface area contributed by atoms with Crippen molar-refractivity contribution in [3.8, 4) is 6.07 Å². The second-order valence-corrected chi connectivity index (χ2v) is 4.81. The van der Waals surface area contributed by atoms with Gasteiger partial charge in [-0.3, -0.25) is 4.79 Å². The molecule has 2 rings (SSSR count). The zero-order valence-electron chi connectivity index (χ0n) is 11.6. The van der Waals surface area contributed by atoms with Crippen LogP contribution in [0.25, 0.3) is 0 Å². The zero-order valence-corrected chi connectivity index (χ0v) is 11.6. The fraction of sp³-hybridized carbons (Fsp3) is 0.176. The van der Waals surface area contributed by atoms with Crippen LogP contribution >= 0.6 is 0 Å². The number of rotatable bonds is 4. The summed E-state index contributed by atoms with van der Waals surface area (Å²) in [5, 5.41) is 8.74. The molecule has 0 aliphatic carbocycles. The minimum absolute atomic E-state index is 0.0403. The summed E-state index contributed by atoms with van der Waals surface area (Å²) in [6, 6.07) is 16.8. The molecular formula is C17H16N2O. The molecule has 0 heterocycles. The standard InChI is InChI=1S/C17H16N2O/c1-13-4-3-5-16(10-13)19(2)12-17(20)15-8-6-14(11-18)7-9-15/h3-10H,12H2,1-2H3. The number of hydrogen-bond donors (Lipinski definition) is 0. The molecule has 0 aromatic heterocycles. The van der Waals surface area contributed by atoms with Gasteiger partial charge in [0.15, 0.2) is 5.78 Å². The van der Waals surface area contributed by atoms with Crippen LogP contribution < -0.4 is 4.90 Å². The number of aryl methyl sites for hydroxylation is 1. The third-order valence-corrected chi connectivity index (χ3v) is 3.16. The number of carbonyl (C=O) groups is 1. The highest BCUT2D eigenvalue weighted by molar-refractivity contribution is 5.99. The van der Waals surface area contributed by atoms with Crippen LogP contribution in [0.3, 0.4) is 0 Å². The van der Waals surface area contributed by atoms with Crippen molar-refractivity contribution >= 4 is 11.5 Å². The predicted molar refractivity (Wildman–Crippen MR) is 79.9 cm³/mol. The average molecular weight is 264 g/mol. The summed E-state index contributed by atoms with van der Waals surface area (Å²) in [7, 11) is 1.90. The van der Waals surface area contributed by atoms with E-state index >= 15 is 0 Å². The van der Waals surface area contributed by atoms with Crippen molar-refractivity contribution in [2.45, 2.75) is 6.92 Å². The van der Waals surface area contributed by atoms with Gasteiger partial charge in [-0.2, -0.15) is 5.26 Å². The van der Waals surface area contributed by atoms with E-state index in [0.29, 0.717) is 17.7 Å². The first-order valence-electron chi connectivity index (χ1n) is 6.41. The number of hydrogen-bond acceptors (Lipinski definition) is 3. The van der Waals surface area contributed by atoms with E-state index in [0.717, 1.165) is 5.69 Å². The molecule has 0 saturated carbocycles. The molecule has 0 aliphatic rings. The molecule has 20 heavy (non-hydrogen) atoms. The van der Waals surface area contributed by atoms with E-state index < -0.39 is 0 Å². The lowest BCUT2D eigenvalue weighted by Gasteiger charge is -2.18. The van der Waals surface area contributed by atoms with E-state index in [9.17, 15) is 4.79 Å². The molecule has 0 saturated heterocycles. The zero-order chi connectivity index (χ0) is 14.5. The van der Waals surface area contributed by atoms with Crippen LogP contribution in [0, 0.1) is 18.3 Å². The topological polar surface area (TPSA) is 44.1 Å². The van der Waals surface area contributed by atoms with E-state index in [4.69, 9.17) is 5.26 Å². The fourth-order valence-electron chi connectivity index (χ4n) is 1.99. The maximum absolute atomic E-state index is 12.2. The number of benzene rings is 2. The van der Waals surface area contributed by atoms with Gasteiger partial charge in [-0.1, -0.05) is 24.3 Å². The highest BCUT2D eigenvalue weighted by Gasteiger charge is 2.10. The minimum atomic E-state index is 0.0403. The smallest absolute Gasteiger partial charge is 0.182 e. The first kappa shape index (κ1) is 13.8. The average Bonchev–Trinajstić information content (AvgIpc) is 2.47. The summed E-state index contributed by atoms with van der Waals surface area (Å²) >= 11 is 0. The maximum atomic E-state index is 12.2. The number of nitrogens with zero attached hydrogens (tertiary/aromatic N) is 2. The Balaban J connectivity index is 2.09. The van der Waals surface area contributed by atoms with E-state index in [1.54, 1.807) is 24.3 Å². The van der Waals surface area contributed by atoms with E-state index in [2.05, 4.69) is 0 Å². The highest BCUT2D eigenvalue weighted by atomic mass is 16.1. The Bertz CT molecular complexity index is 653. The molecule has 0 amide bonds. The Morgan fingerprint density at radius 3 is 2.50 bits per heavy atom. The summed E-state index contributed by atoms with van der Waals surface area (Å²) in [6.45, 7) is 2.34. The Kier molecular flexibility index (Phi) is 4.17. The van der Waals surface area contributed by atoms with Crippen LogP contribution in [0.2, 0.25) is 0 Å². The van der Waals surface area contributed by atoms with Crippen molar-refractivity contribution in [1.82, 2.24) is 0 Å². The molecule has 0 unspecified atom stereocenters. The van der Waals surface area contributed by atoms with E-state index in [1.165, 1.54) is 5.56 Å². The molecule has 100 valence electrons. The first-order valence-corrected chi connectivity index (χ1v) is 6.41. The lowest BCUT2D eigenvalue weighted by atomic mass is 10.1. The van der Waals surface area contributed by atoms with Gasteiger partial charge in [-0.05, 0) is 36.8 Å². The molecule has 0 aliphatic heterocycles. The van der Waals surface area contributed by atoms with Crippen LogP contribution in [0.5, 0.6) is 0 Å². The Labute approximate surface area is 119 Å². The second-order valence-electron chi connectivity index (χ2n) is 4.81. The largest absolute Gasteiger partial charge is 0.367 e. The predicted octanol–water partition coefficient (Wildman–Crippen LogP) is 3.19. The van der Waals surface area contributed by atoms with Gasteiger partial charge in [-0.25, -0.2) is 0 Å². The Hall–Kier alpha value is -2.60. The fourth-order valence-corrected chi connectivity index (χ4v) is 1.99. The molecule has 0 atom stereocenters. The van der Waals surface area contributed by atoms with Gasteiger partial charge >= 0.3 is 0 Å². The molecule has 0 spiro atoms. The van der Waals surface area contributed by atoms with Crippen LogP contribution in [0.15, 0.2) is 48.5 Å². The van der Waals surface area contributed by atoms with Crippen molar-refractivity contribution in [1.29, 1.82) is 5.26 Å². The number of ketones is 1. The molecular weight excluding hydrogens is 248 g/mol. The molecule has 0 radical (unpaired) electrons. The summed E-state index contributed by atoms with van der Waals surface area (Å²) < 4.78 is 0. The number of carbonyl (C=O) groups excluding carboxylic acids is 1. The van der Waals surface area contributed by atoms with Gasteiger partial charge in [-0.15, -0.1) is 0 Å². The quantitative estimate of drug-likeness (QED) is 0.797. The van der Waals surface area contributed by atoms with Crippen molar-refractivity contribution in [3.05, 3.63) is 65.2 Å². The Morgan fingerprint density at radius 2 is 1.90 bits per heavy atom. The van der Waals surface area contributed by atoms with E-state index in [1.807, 2.05) is 49.2 Å². The maximum Gasteiger partial charge on any atom is 0.182 e. The molecule has 3 heteroatoms. The molecule has 0 N–H and O–H groups in total. The molecule has 3 nitrogen and oxygen atoms in total. The lowest BCUT2D eigenvalue weighted by Crippen LogP contribution is -2.25. The lowest BCUT2D eigenvalue weighted by molar-refractivity contribution is 0.100. The minimum Gasteiger partial charge on any atom is -0.367 e. The van der Waals surface area contributed by atoms with Gasteiger partial charge in [0.2, 0.25) is 0 Å². The summed E-state index contributed by atoms with van der Waals surface area (Å²) in [5.41, 5.74) is 3.38. The summed E-state index contributed by atoms with van der Waals surface area (Å²) in [4.78, 5) is 14.1. The summed E-state index contributed by atoms with van der Waals surface area (Å²) in [5.74, 6) is 0.0403. The molecule has 0 fully saturated rings. The highest BCUT2D eigenvalue weighted by Crippen LogP contribution is 2.15.